The van der Waals surface area contributed by atoms with E-state index in [0.29, 0.717) is 6.42 Å². The van der Waals surface area contributed by atoms with Gasteiger partial charge in [0.15, 0.2) is 0 Å². The van der Waals surface area contributed by atoms with Gasteiger partial charge in [0.05, 0.1) is 17.1 Å². The Morgan fingerprint density at radius 3 is 2.40 bits per heavy atom. The fourth-order valence-electron chi connectivity index (χ4n) is 1.91. The SMILES string of the molecule is Cc1nc(CC(=O)Nc2ccc(C(C)(C)C)cc2)cs1. The van der Waals surface area contributed by atoms with Crippen LogP contribution in [0, 0.1) is 6.92 Å². The summed E-state index contributed by atoms with van der Waals surface area (Å²) in [5.41, 5.74) is 3.04. The molecule has 0 unspecified atom stereocenters. The summed E-state index contributed by atoms with van der Waals surface area (Å²) in [6.45, 7) is 8.46. The van der Waals surface area contributed by atoms with Crippen molar-refractivity contribution in [3.63, 3.8) is 0 Å². The summed E-state index contributed by atoms with van der Waals surface area (Å²) in [6, 6.07) is 8.01. The van der Waals surface area contributed by atoms with Crippen LogP contribution in [0.5, 0.6) is 0 Å². The highest BCUT2D eigenvalue weighted by Gasteiger charge is 2.13. The average molecular weight is 288 g/mol. The molecule has 1 aromatic heterocycles. The molecule has 1 aromatic carbocycles. The number of aromatic nitrogens is 1. The van der Waals surface area contributed by atoms with Crippen LogP contribution < -0.4 is 5.32 Å². The Bertz CT molecular complexity index is 594. The maximum Gasteiger partial charge on any atom is 0.230 e. The molecule has 1 heterocycles. The molecule has 0 saturated heterocycles. The number of hydrogen-bond acceptors (Lipinski definition) is 3. The lowest BCUT2D eigenvalue weighted by Gasteiger charge is -2.19. The Balaban J connectivity index is 1.98. The lowest BCUT2D eigenvalue weighted by molar-refractivity contribution is -0.115. The smallest absolute Gasteiger partial charge is 0.230 e. The number of amides is 1. The Hall–Kier alpha value is -1.68. The second-order valence-electron chi connectivity index (χ2n) is 5.91. The average Bonchev–Trinajstić information content (AvgIpc) is 2.74. The summed E-state index contributed by atoms with van der Waals surface area (Å²) in [5, 5.41) is 5.82. The molecular weight excluding hydrogens is 268 g/mol. The maximum absolute atomic E-state index is 11.9. The van der Waals surface area contributed by atoms with Crippen LogP contribution in [-0.2, 0) is 16.6 Å². The van der Waals surface area contributed by atoms with E-state index in [0.717, 1.165) is 16.4 Å². The van der Waals surface area contributed by atoms with Crippen molar-refractivity contribution in [1.82, 2.24) is 4.98 Å². The Morgan fingerprint density at radius 1 is 1.25 bits per heavy atom. The number of rotatable bonds is 3. The van der Waals surface area contributed by atoms with Gasteiger partial charge >= 0.3 is 0 Å². The normalized spacial score (nSPS) is 11.4. The molecule has 0 fully saturated rings. The summed E-state index contributed by atoms with van der Waals surface area (Å²) in [7, 11) is 0. The van der Waals surface area contributed by atoms with Crippen LogP contribution in [0.1, 0.15) is 37.0 Å². The molecular formula is C16H20N2OS. The standard InChI is InChI=1S/C16H20N2OS/c1-11-17-14(10-20-11)9-15(19)18-13-7-5-12(6-8-13)16(2,3)4/h5-8,10H,9H2,1-4H3,(H,18,19). The summed E-state index contributed by atoms with van der Waals surface area (Å²) in [5.74, 6) is -0.0289. The monoisotopic (exact) mass is 288 g/mol. The van der Waals surface area contributed by atoms with E-state index in [9.17, 15) is 4.79 Å². The summed E-state index contributed by atoms with van der Waals surface area (Å²) >= 11 is 1.57. The van der Waals surface area contributed by atoms with E-state index in [1.807, 2.05) is 24.4 Å². The third-order valence-electron chi connectivity index (χ3n) is 3.04. The van der Waals surface area contributed by atoms with Gasteiger partial charge in [-0.25, -0.2) is 4.98 Å². The minimum absolute atomic E-state index is 0.0289. The zero-order valence-corrected chi connectivity index (χ0v) is 13.2. The molecule has 1 amide bonds. The Labute approximate surface area is 124 Å². The van der Waals surface area contributed by atoms with Gasteiger partial charge < -0.3 is 5.32 Å². The topological polar surface area (TPSA) is 42.0 Å². The molecule has 0 aliphatic rings. The predicted octanol–water partition coefficient (Wildman–Crippen LogP) is 3.93. The third kappa shape index (κ3) is 3.90. The second-order valence-corrected chi connectivity index (χ2v) is 6.97. The number of benzene rings is 1. The molecule has 106 valence electrons. The van der Waals surface area contributed by atoms with Crippen molar-refractivity contribution in [2.75, 3.05) is 5.32 Å². The van der Waals surface area contributed by atoms with Crippen LogP contribution in [0.2, 0.25) is 0 Å². The molecule has 0 radical (unpaired) electrons. The van der Waals surface area contributed by atoms with Crippen LogP contribution >= 0.6 is 11.3 Å². The minimum atomic E-state index is -0.0289. The molecule has 0 saturated carbocycles. The number of hydrogen-bond donors (Lipinski definition) is 1. The first-order chi connectivity index (χ1) is 9.34. The minimum Gasteiger partial charge on any atom is -0.326 e. The molecule has 0 aliphatic carbocycles. The van der Waals surface area contributed by atoms with Gasteiger partial charge in [0.2, 0.25) is 5.91 Å². The third-order valence-corrected chi connectivity index (χ3v) is 3.87. The lowest BCUT2D eigenvalue weighted by atomic mass is 9.87. The molecule has 0 atom stereocenters. The van der Waals surface area contributed by atoms with Crippen molar-refractivity contribution in [1.29, 1.82) is 0 Å². The summed E-state index contributed by atoms with van der Waals surface area (Å²) < 4.78 is 0. The lowest BCUT2D eigenvalue weighted by Crippen LogP contribution is -2.15. The van der Waals surface area contributed by atoms with Crippen molar-refractivity contribution >= 4 is 22.9 Å². The van der Waals surface area contributed by atoms with Crippen LogP contribution in [0.3, 0.4) is 0 Å². The van der Waals surface area contributed by atoms with Crippen LogP contribution in [0.25, 0.3) is 0 Å². The van der Waals surface area contributed by atoms with E-state index < -0.39 is 0 Å². The number of carbonyl (C=O) groups excluding carboxylic acids is 1. The number of aryl methyl sites for hydroxylation is 1. The van der Waals surface area contributed by atoms with Crippen molar-refractivity contribution in [3.8, 4) is 0 Å². The first kappa shape index (κ1) is 14.7. The molecule has 4 heteroatoms. The molecule has 2 aromatic rings. The van der Waals surface area contributed by atoms with E-state index in [-0.39, 0.29) is 11.3 Å². The molecule has 0 aliphatic heterocycles. The van der Waals surface area contributed by atoms with Crippen LogP contribution in [0.4, 0.5) is 5.69 Å². The van der Waals surface area contributed by atoms with Gasteiger partial charge in [-0.3, -0.25) is 4.79 Å². The molecule has 3 nitrogen and oxygen atoms in total. The van der Waals surface area contributed by atoms with Gasteiger partial charge in [-0.15, -0.1) is 11.3 Å². The largest absolute Gasteiger partial charge is 0.326 e. The van der Waals surface area contributed by atoms with Crippen molar-refractivity contribution < 1.29 is 4.79 Å². The van der Waals surface area contributed by atoms with Gasteiger partial charge in [0.1, 0.15) is 0 Å². The summed E-state index contributed by atoms with van der Waals surface area (Å²) in [6.07, 6.45) is 0.325. The van der Waals surface area contributed by atoms with E-state index in [4.69, 9.17) is 0 Å². The number of carbonyl (C=O) groups is 1. The van der Waals surface area contributed by atoms with Gasteiger partial charge in [0.25, 0.3) is 0 Å². The van der Waals surface area contributed by atoms with E-state index >= 15 is 0 Å². The van der Waals surface area contributed by atoms with Gasteiger partial charge in [0, 0.05) is 11.1 Å². The zero-order chi connectivity index (χ0) is 14.8. The van der Waals surface area contributed by atoms with E-state index in [2.05, 4.69) is 43.2 Å². The second kappa shape index (κ2) is 5.75. The summed E-state index contributed by atoms with van der Waals surface area (Å²) in [4.78, 5) is 16.2. The van der Waals surface area contributed by atoms with Gasteiger partial charge in [-0.2, -0.15) is 0 Å². The maximum atomic E-state index is 11.9. The molecule has 0 spiro atoms. The first-order valence-electron chi connectivity index (χ1n) is 6.66. The number of nitrogens with zero attached hydrogens (tertiary/aromatic N) is 1. The van der Waals surface area contributed by atoms with Gasteiger partial charge in [-0.1, -0.05) is 32.9 Å². The van der Waals surface area contributed by atoms with E-state index in [1.54, 1.807) is 11.3 Å². The molecule has 2 rings (SSSR count). The number of anilines is 1. The Morgan fingerprint density at radius 2 is 1.90 bits per heavy atom. The van der Waals surface area contributed by atoms with Crippen LogP contribution in [-0.4, -0.2) is 10.9 Å². The van der Waals surface area contributed by atoms with Gasteiger partial charge in [-0.05, 0) is 30.0 Å². The number of thiazole rings is 1. The van der Waals surface area contributed by atoms with E-state index in [1.165, 1.54) is 5.56 Å². The van der Waals surface area contributed by atoms with Crippen molar-refractivity contribution in [2.24, 2.45) is 0 Å². The highest BCUT2D eigenvalue weighted by molar-refractivity contribution is 7.09. The molecule has 20 heavy (non-hydrogen) atoms. The fourth-order valence-corrected chi connectivity index (χ4v) is 2.53. The highest BCUT2D eigenvalue weighted by Crippen LogP contribution is 2.23. The fraction of sp³-hybridized carbons (Fsp3) is 0.375. The van der Waals surface area contributed by atoms with Crippen molar-refractivity contribution in [2.45, 2.75) is 39.5 Å². The molecule has 0 bridgehead atoms. The first-order valence-corrected chi connectivity index (χ1v) is 7.54. The highest BCUT2D eigenvalue weighted by atomic mass is 32.1. The predicted molar refractivity (Wildman–Crippen MR) is 84.3 cm³/mol. The number of nitrogens with one attached hydrogen (secondary N) is 1. The quantitative estimate of drug-likeness (QED) is 0.929. The molecule has 1 N–H and O–H groups in total. The zero-order valence-electron chi connectivity index (χ0n) is 12.4. The Kier molecular flexibility index (Phi) is 4.23. The van der Waals surface area contributed by atoms with Crippen molar-refractivity contribution in [3.05, 3.63) is 45.9 Å². The van der Waals surface area contributed by atoms with Crippen LogP contribution in [0.15, 0.2) is 29.6 Å².